The predicted molar refractivity (Wildman–Crippen MR) is 135 cm³/mol. The maximum Gasteiger partial charge on any atom is 0.268 e. The third kappa shape index (κ3) is 4.36. The number of rotatable bonds is 5. The molecule has 0 amide bonds. The summed E-state index contributed by atoms with van der Waals surface area (Å²) in [6, 6.07) is 20.4. The molecule has 33 heavy (non-hydrogen) atoms. The van der Waals surface area contributed by atoms with Crippen molar-refractivity contribution in [2.75, 3.05) is 0 Å². The molecule has 0 fully saturated rings. The van der Waals surface area contributed by atoms with Crippen LogP contribution in [0.1, 0.15) is 32.2 Å². The van der Waals surface area contributed by atoms with E-state index in [0.717, 1.165) is 27.7 Å². The molecule has 0 aliphatic rings. The lowest BCUT2D eigenvalue weighted by atomic mass is 9.87. The summed E-state index contributed by atoms with van der Waals surface area (Å²) in [6.45, 7) is 6.61. The number of aromatic amines is 1. The number of hydrogen-bond acceptors (Lipinski definition) is 6. The molecular formula is C25H23N5OS2. The van der Waals surface area contributed by atoms with Crippen molar-refractivity contribution in [2.24, 2.45) is 0 Å². The standard InChI is InChI=1S/C25H23N5OS2/c1-25(2,3)17-11-9-16(10-12-17)22-28-29-24(30(22)18-7-5-4-6-8-18)33-15-20-26-19-13-14-32-21(19)23(31)27-20/h4-14H,15H2,1-3H3,(H,26,27,31). The molecule has 1 N–H and O–H groups in total. The van der Waals surface area contributed by atoms with E-state index >= 15 is 0 Å². The second-order valence-electron chi connectivity index (χ2n) is 8.74. The monoisotopic (exact) mass is 473 g/mol. The zero-order chi connectivity index (χ0) is 23.0. The first-order valence-electron chi connectivity index (χ1n) is 10.6. The molecule has 0 atom stereocenters. The normalized spacial score (nSPS) is 11.8. The molecule has 0 radical (unpaired) electrons. The number of thiophene rings is 1. The van der Waals surface area contributed by atoms with Crippen LogP contribution >= 0.6 is 23.1 Å². The van der Waals surface area contributed by atoms with E-state index < -0.39 is 0 Å². The highest BCUT2D eigenvalue weighted by atomic mass is 32.2. The van der Waals surface area contributed by atoms with Crippen LogP contribution in [0.3, 0.4) is 0 Å². The minimum Gasteiger partial charge on any atom is -0.309 e. The van der Waals surface area contributed by atoms with Gasteiger partial charge in [-0.15, -0.1) is 21.5 Å². The Bertz CT molecular complexity index is 1460. The molecule has 166 valence electrons. The molecule has 0 bridgehead atoms. The highest BCUT2D eigenvalue weighted by Gasteiger charge is 2.18. The number of fused-ring (bicyclic) bond motifs is 1. The van der Waals surface area contributed by atoms with Gasteiger partial charge in [0.2, 0.25) is 0 Å². The minimum atomic E-state index is -0.102. The third-order valence-electron chi connectivity index (χ3n) is 5.36. The molecule has 0 saturated carbocycles. The smallest absolute Gasteiger partial charge is 0.268 e. The summed E-state index contributed by atoms with van der Waals surface area (Å²) >= 11 is 2.90. The summed E-state index contributed by atoms with van der Waals surface area (Å²) in [7, 11) is 0. The molecule has 0 aliphatic heterocycles. The first-order chi connectivity index (χ1) is 15.9. The first-order valence-corrected chi connectivity index (χ1v) is 12.5. The largest absolute Gasteiger partial charge is 0.309 e. The first kappa shape index (κ1) is 21.6. The van der Waals surface area contributed by atoms with Crippen LogP contribution < -0.4 is 5.56 Å². The molecule has 0 aliphatic carbocycles. The number of nitrogens with zero attached hydrogens (tertiary/aromatic N) is 4. The van der Waals surface area contributed by atoms with E-state index in [1.54, 1.807) is 0 Å². The molecule has 3 heterocycles. The molecule has 5 aromatic rings. The summed E-state index contributed by atoms with van der Waals surface area (Å²) in [6.07, 6.45) is 0. The van der Waals surface area contributed by atoms with Crippen LogP contribution in [-0.4, -0.2) is 24.7 Å². The van der Waals surface area contributed by atoms with Crippen LogP contribution in [0.15, 0.2) is 76.0 Å². The Hall–Kier alpha value is -3.23. The van der Waals surface area contributed by atoms with Gasteiger partial charge >= 0.3 is 0 Å². The third-order valence-corrected chi connectivity index (χ3v) is 7.20. The van der Waals surface area contributed by atoms with E-state index in [0.29, 0.717) is 16.3 Å². The molecular weight excluding hydrogens is 450 g/mol. The molecule has 5 rings (SSSR count). The van der Waals surface area contributed by atoms with Crippen molar-refractivity contribution >= 4 is 33.3 Å². The van der Waals surface area contributed by atoms with Crippen LogP contribution in [0.5, 0.6) is 0 Å². The van der Waals surface area contributed by atoms with E-state index in [9.17, 15) is 4.79 Å². The SMILES string of the molecule is CC(C)(C)c1ccc(-c2nnc(SCc3nc4ccsc4c(=O)[nH]3)n2-c2ccccc2)cc1. The van der Waals surface area contributed by atoms with Gasteiger partial charge in [-0.1, -0.05) is 75.0 Å². The molecule has 0 spiro atoms. The molecule has 3 aromatic heterocycles. The Labute approximate surface area is 199 Å². The van der Waals surface area contributed by atoms with Crippen molar-refractivity contribution in [2.45, 2.75) is 37.1 Å². The van der Waals surface area contributed by atoms with Gasteiger partial charge in [0.05, 0.1) is 11.3 Å². The van der Waals surface area contributed by atoms with Gasteiger partial charge in [0.1, 0.15) is 10.5 Å². The van der Waals surface area contributed by atoms with Crippen molar-refractivity contribution in [3.63, 3.8) is 0 Å². The molecule has 0 saturated heterocycles. The van der Waals surface area contributed by atoms with Gasteiger partial charge in [0.15, 0.2) is 11.0 Å². The number of hydrogen-bond donors (Lipinski definition) is 1. The van der Waals surface area contributed by atoms with Crippen LogP contribution in [0.25, 0.3) is 27.3 Å². The lowest BCUT2D eigenvalue weighted by Gasteiger charge is -2.19. The van der Waals surface area contributed by atoms with Crippen LogP contribution in [0, 0.1) is 0 Å². The highest BCUT2D eigenvalue weighted by Crippen LogP contribution is 2.31. The molecule has 2 aromatic carbocycles. The summed E-state index contributed by atoms with van der Waals surface area (Å²) in [4.78, 5) is 19.8. The van der Waals surface area contributed by atoms with Gasteiger partial charge in [-0.05, 0) is 34.6 Å². The van der Waals surface area contributed by atoms with E-state index in [-0.39, 0.29) is 11.0 Å². The number of H-pyrrole nitrogens is 1. The van der Waals surface area contributed by atoms with E-state index in [4.69, 9.17) is 0 Å². The predicted octanol–water partition coefficient (Wildman–Crippen LogP) is 5.82. The van der Waals surface area contributed by atoms with Crippen molar-refractivity contribution in [3.8, 4) is 17.1 Å². The van der Waals surface area contributed by atoms with Gasteiger partial charge in [0.25, 0.3) is 5.56 Å². The van der Waals surface area contributed by atoms with Gasteiger partial charge in [-0.25, -0.2) is 4.98 Å². The summed E-state index contributed by atoms with van der Waals surface area (Å²) in [5.41, 5.74) is 3.95. The second kappa shape index (κ2) is 8.61. The highest BCUT2D eigenvalue weighted by molar-refractivity contribution is 7.98. The minimum absolute atomic E-state index is 0.0834. The van der Waals surface area contributed by atoms with Gasteiger partial charge in [0, 0.05) is 11.3 Å². The van der Waals surface area contributed by atoms with Crippen LogP contribution in [0.4, 0.5) is 0 Å². The Morgan fingerprint density at radius 1 is 1.00 bits per heavy atom. The zero-order valence-electron chi connectivity index (χ0n) is 18.6. The zero-order valence-corrected chi connectivity index (χ0v) is 20.2. The van der Waals surface area contributed by atoms with Gasteiger partial charge in [-0.3, -0.25) is 9.36 Å². The van der Waals surface area contributed by atoms with Crippen molar-refractivity contribution in [1.29, 1.82) is 0 Å². The molecule has 6 nitrogen and oxygen atoms in total. The number of thioether (sulfide) groups is 1. The quantitative estimate of drug-likeness (QED) is 0.325. The number of aromatic nitrogens is 5. The van der Waals surface area contributed by atoms with Crippen LogP contribution in [0.2, 0.25) is 0 Å². The number of benzene rings is 2. The molecule has 8 heteroatoms. The second-order valence-corrected chi connectivity index (χ2v) is 10.6. The van der Waals surface area contributed by atoms with Crippen molar-refractivity contribution in [3.05, 3.63) is 87.8 Å². The summed E-state index contributed by atoms with van der Waals surface area (Å²) < 4.78 is 2.70. The van der Waals surface area contributed by atoms with E-state index in [2.05, 4.69) is 69.8 Å². The van der Waals surface area contributed by atoms with Gasteiger partial charge < -0.3 is 4.98 Å². The maximum atomic E-state index is 12.3. The fraction of sp³-hybridized carbons (Fsp3) is 0.200. The Morgan fingerprint density at radius 3 is 2.48 bits per heavy atom. The topological polar surface area (TPSA) is 76.5 Å². The fourth-order valence-corrected chi connectivity index (χ4v) is 5.15. The Balaban J connectivity index is 1.51. The molecule has 0 unspecified atom stereocenters. The summed E-state index contributed by atoms with van der Waals surface area (Å²) in [5.74, 6) is 1.88. The Morgan fingerprint density at radius 2 is 1.76 bits per heavy atom. The van der Waals surface area contributed by atoms with Gasteiger partial charge in [-0.2, -0.15) is 0 Å². The lowest BCUT2D eigenvalue weighted by molar-refractivity contribution is 0.590. The number of nitrogens with one attached hydrogen (secondary N) is 1. The summed E-state index contributed by atoms with van der Waals surface area (Å²) in [5, 5.41) is 11.6. The van der Waals surface area contributed by atoms with E-state index in [1.165, 1.54) is 28.7 Å². The maximum absolute atomic E-state index is 12.3. The average Bonchev–Trinajstić information content (AvgIpc) is 3.45. The Kier molecular flexibility index (Phi) is 5.64. The average molecular weight is 474 g/mol. The van der Waals surface area contributed by atoms with Crippen LogP contribution in [-0.2, 0) is 11.2 Å². The van der Waals surface area contributed by atoms with Crippen molar-refractivity contribution < 1.29 is 0 Å². The lowest BCUT2D eigenvalue weighted by Crippen LogP contribution is -2.10. The fourth-order valence-electron chi connectivity index (χ4n) is 3.60. The van der Waals surface area contributed by atoms with Crippen molar-refractivity contribution in [1.82, 2.24) is 24.7 Å². The van der Waals surface area contributed by atoms with E-state index in [1.807, 2.05) is 41.8 Å². The number of para-hydroxylation sites is 1.